The van der Waals surface area contributed by atoms with Gasteiger partial charge in [0.25, 0.3) is 5.91 Å². The largest absolute Gasteiger partial charge is 0.443 e. The Hall–Kier alpha value is -3.49. The van der Waals surface area contributed by atoms with E-state index in [-0.39, 0.29) is 55.0 Å². The van der Waals surface area contributed by atoms with Crippen molar-refractivity contribution >= 4 is 33.3 Å². The molecule has 3 aliphatic rings. The molecule has 12 nitrogen and oxygen atoms in total. The molecule has 262 valence electrons. The Morgan fingerprint density at radius 1 is 1.10 bits per heavy atom. The molecule has 2 aromatic carbocycles. The molecule has 0 bridgehead atoms. The van der Waals surface area contributed by atoms with Gasteiger partial charge in [0.05, 0.1) is 41.7 Å². The third-order valence-electron chi connectivity index (χ3n) is 8.79. The monoisotopic (exact) mass is 684 g/mol. The summed E-state index contributed by atoms with van der Waals surface area (Å²) in [7, 11) is -4.14. The average Bonchev–Trinajstić information content (AvgIpc) is 3.74. The Morgan fingerprint density at radius 3 is 2.60 bits per heavy atom. The molecule has 5 atom stereocenters. The van der Waals surface area contributed by atoms with Crippen molar-refractivity contribution in [3.8, 4) is 0 Å². The van der Waals surface area contributed by atoms with Gasteiger partial charge in [0.2, 0.25) is 10.0 Å². The van der Waals surface area contributed by atoms with E-state index in [2.05, 4.69) is 29.8 Å². The van der Waals surface area contributed by atoms with Crippen LogP contribution in [0.2, 0.25) is 0 Å². The highest BCUT2D eigenvalue weighted by Crippen LogP contribution is 2.35. The summed E-state index contributed by atoms with van der Waals surface area (Å²) >= 11 is 0. The minimum atomic E-state index is -4.14. The smallest absolute Gasteiger partial charge is 0.407 e. The number of anilines is 1. The molecule has 0 spiro atoms. The van der Waals surface area contributed by atoms with Crippen LogP contribution in [0.15, 0.2) is 59.6 Å². The molecule has 2 aromatic rings. The van der Waals surface area contributed by atoms with Crippen molar-refractivity contribution in [2.75, 3.05) is 38.2 Å². The van der Waals surface area contributed by atoms with Crippen molar-refractivity contribution in [2.24, 2.45) is 17.8 Å². The molecule has 0 saturated carbocycles. The van der Waals surface area contributed by atoms with E-state index in [1.807, 2.05) is 44.2 Å². The van der Waals surface area contributed by atoms with Gasteiger partial charge in [-0.1, -0.05) is 58.0 Å². The molecule has 0 aromatic heterocycles. The number of amides is 2. The number of sulfonamides is 1. The number of benzene rings is 2. The van der Waals surface area contributed by atoms with Gasteiger partial charge < -0.3 is 35.3 Å². The predicted octanol–water partition coefficient (Wildman–Crippen LogP) is 3.72. The molecule has 5 rings (SSSR count). The van der Waals surface area contributed by atoms with Gasteiger partial charge >= 0.3 is 6.09 Å². The van der Waals surface area contributed by atoms with Crippen LogP contribution in [0.5, 0.6) is 0 Å². The quantitative estimate of drug-likeness (QED) is 0.162. The van der Waals surface area contributed by atoms with Gasteiger partial charge in [0.1, 0.15) is 6.10 Å². The molecule has 48 heavy (non-hydrogen) atoms. The van der Waals surface area contributed by atoms with Crippen molar-refractivity contribution in [3.63, 3.8) is 0 Å². The third-order valence-corrected chi connectivity index (χ3v) is 10.6. The summed E-state index contributed by atoms with van der Waals surface area (Å²) in [4.78, 5) is 25.9. The Morgan fingerprint density at radius 2 is 1.88 bits per heavy atom. The Labute approximate surface area is 283 Å². The summed E-state index contributed by atoms with van der Waals surface area (Å²) in [6.07, 6.45) is 0.652. The normalized spacial score (nSPS) is 22.5. The molecule has 0 aliphatic carbocycles. The Balaban J connectivity index is 1.35. The molecular formula is C35H48N4O8S. The number of nitrogens with zero attached hydrogens (tertiary/aromatic N) is 1. The minimum absolute atomic E-state index is 0.000212. The highest BCUT2D eigenvalue weighted by atomic mass is 32.2. The van der Waals surface area contributed by atoms with Crippen LogP contribution >= 0.6 is 0 Å². The van der Waals surface area contributed by atoms with Crippen molar-refractivity contribution < 1.29 is 37.3 Å². The fourth-order valence-corrected chi connectivity index (χ4v) is 7.85. The van der Waals surface area contributed by atoms with E-state index in [9.17, 15) is 23.1 Å². The number of hydrogen-bond donors (Lipinski definition) is 4. The topological polar surface area (TPSA) is 156 Å². The lowest BCUT2D eigenvalue weighted by Gasteiger charge is -2.31. The van der Waals surface area contributed by atoms with Crippen LogP contribution in [0.3, 0.4) is 0 Å². The number of ether oxygens (including phenoxy) is 3. The van der Waals surface area contributed by atoms with Crippen molar-refractivity contribution in [1.82, 2.24) is 14.9 Å². The first-order chi connectivity index (χ1) is 22.9. The van der Waals surface area contributed by atoms with Crippen LogP contribution in [-0.2, 0) is 35.4 Å². The van der Waals surface area contributed by atoms with Gasteiger partial charge in [0, 0.05) is 37.1 Å². The van der Waals surface area contributed by atoms with Crippen LogP contribution in [0.25, 0.3) is 5.57 Å². The highest BCUT2D eigenvalue weighted by molar-refractivity contribution is 7.89. The number of aliphatic hydroxyl groups is 1. The second-order valence-corrected chi connectivity index (χ2v) is 15.5. The van der Waals surface area contributed by atoms with Gasteiger partial charge in [-0.15, -0.1) is 0 Å². The molecule has 3 heterocycles. The molecule has 4 N–H and O–H groups in total. The number of alkyl carbamates (subject to hydrolysis) is 1. The molecular weight excluding hydrogens is 636 g/mol. The van der Waals surface area contributed by atoms with E-state index in [0.717, 1.165) is 18.4 Å². The van der Waals surface area contributed by atoms with Crippen molar-refractivity contribution in [1.29, 1.82) is 0 Å². The molecule has 2 amide bonds. The van der Waals surface area contributed by atoms with Gasteiger partial charge in [-0.3, -0.25) is 4.79 Å². The lowest BCUT2D eigenvalue weighted by Crippen LogP contribution is -2.51. The van der Waals surface area contributed by atoms with Crippen LogP contribution in [0.4, 0.5) is 10.5 Å². The number of hydrogen-bond acceptors (Lipinski definition) is 9. The summed E-state index contributed by atoms with van der Waals surface area (Å²) in [5, 5.41) is 20.4. The summed E-state index contributed by atoms with van der Waals surface area (Å²) in [5.74, 6) is 0.0565. The van der Waals surface area contributed by atoms with Crippen molar-refractivity contribution in [2.45, 2.75) is 76.4 Å². The molecule has 2 fully saturated rings. The Kier molecular flexibility index (Phi) is 11.8. The van der Waals surface area contributed by atoms with E-state index >= 15 is 0 Å². The number of nitrogens with one attached hydrogen (secondary N) is 3. The maximum absolute atomic E-state index is 14.2. The summed E-state index contributed by atoms with van der Waals surface area (Å²) < 4.78 is 46.5. The number of rotatable bonds is 15. The number of carbonyl (C=O) groups excluding carboxylic acids is 2. The summed E-state index contributed by atoms with van der Waals surface area (Å²) in [5.41, 5.74) is 2.22. The van der Waals surface area contributed by atoms with E-state index in [0.29, 0.717) is 35.9 Å². The highest BCUT2D eigenvalue weighted by Gasteiger charge is 2.44. The predicted molar refractivity (Wildman–Crippen MR) is 181 cm³/mol. The summed E-state index contributed by atoms with van der Waals surface area (Å²) in [6.45, 7) is 9.29. The third kappa shape index (κ3) is 8.75. The van der Waals surface area contributed by atoms with Gasteiger partial charge in [0.15, 0.2) is 6.29 Å². The zero-order chi connectivity index (χ0) is 34.4. The average molecular weight is 685 g/mol. The molecule has 2 saturated heterocycles. The number of aliphatic hydroxyl groups excluding tert-OH is 1. The minimum Gasteiger partial charge on any atom is -0.443 e. The van der Waals surface area contributed by atoms with Crippen LogP contribution < -0.4 is 16.0 Å². The van der Waals surface area contributed by atoms with E-state index in [1.165, 1.54) is 16.4 Å². The molecule has 0 radical (unpaired) electrons. The second kappa shape index (κ2) is 15.8. The first-order valence-corrected chi connectivity index (χ1v) is 18.2. The fraction of sp³-hybridized carbons (Fsp3) is 0.543. The maximum Gasteiger partial charge on any atom is 0.407 e. The Bertz CT molecular complexity index is 1570. The van der Waals surface area contributed by atoms with Crippen molar-refractivity contribution in [3.05, 3.63) is 65.9 Å². The SMILES string of the molecule is CC(C)CCNC=C1C(=O)Nc2ccc(S(=O)(=O)N(CC(C)C)CC(O)C(Cc3ccccc3)NC(=O)OC3COC4OCCC34)cc21. The summed E-state index contributed by atoms with van der Waals surface area (Å²) in [6, 6.07) is 13.0. The number of carbonyl (C=O) groups is 2. The first-order valence-electron chi connectivity index (χ1n) is 16.7. The lowest BCUT2D eigenvalue weighted by atomic mass is 10.0. The van der Waals surface area contributed by atoms with Crippen LogP contribution in [-0.4, -0.2) is 87.2 Å². The second-order valence-electron chi connectivity index (χ2n) is 13.5. The molecule has 3 aliphatic heterocycles. The van der Waals surface area contributed by atoms with Gasteiger partial charge in [-0.05, 0) is 54.9 Å². The standard InChI is InChI=1S/C35H48N4O8S/c1-22(2)12-14-36-18-28-27-17-25(10-11-29(27)37-33(28)41)48(43,44)39(19-23(3)4)20-31(40)30(16-24-8-6-5-7-9-24)38-35(42)47-32-21-46-34-26(32)13-15-45-34/h5-11,17-18,22-23,26,30-32,34,36,40H,12-16,19-21H2,1-4H3,(H,37,41)(H,38,42). The maximum atomic E-state index is 14.2. The lowest BCUT2D eigenvalue weighted by molar-refractivity contribution is -0.110. The van der Waals surface area contributed by atoms with Crippen LogP contribution in [0.1, 0.15) is 51.7 Å². The van der Waals surface area contributed by atoms with Gasteiger partial charge in [-0.25, -0.2) is 13.2 Å². The van der Waals surface area contributed by atoms with E-state index < -0.39 is 34.4 Å². The molecule has 5 unspecified atom stereocenters. The first kappa shape index (κ1) is 35.8. The van der Waals surface area contributed by atoms with E-state index in [4.69, 9.17) is 14.2 Å². The molecule has 13 heteroatoms. The zero-order valence-corrected chi connectivity index (χ0v) is 28.9. The fourth-order valence-electron chi connectivity index (χ4n) is 6.20. The zero-order valence-electron chi connectivity index (χ0n) is 28.1. The van der Waals surface area contributed by atoms with E-state index in [1.54, 1.807) is 12.3 Å². The number of fused-ring (bicyclic) bond motifs is 2. The van der Waals surface area contributed by atoms with Crippen LogP contribution in [0, 0.1) is 17.8 Å². The van der Waals surface area contributed by atoms with Gasteiger partial charge in [-0.2, -0.15) is 4.31 Å².